The van der Waals surface area contributed by atoms with Gasteiger partial charge in [0.1, 0.15) is 5.75 Å². The lowest BCUT2D eigenvalue weighted by Gasteiger charge is -2.13. The molecule has 4 aromatic rings. The fourth-order valence-electron chi connectivity index (χ4n) is 3.18. The van der Waals surface area contributed by atoms with Gasteiger partial charge in [-0.1, -0.05) is 60.1 Å². The van der Waals surface area contributed by atoms with Crippen molar-refractivity contribution in [3.05, 3.63) is 102 Å². The minimum absolute atomic E-state index is 0.195. The van der Waals surface area contributed by atoms with Crippen LogP contribution in [0, 0.1) is 0 Å². The first kappa shape index (κ1) is 21.3. The summed E-state index contributed by atoms with van der Waals surface area (Å²) in [6.45, 7) is 1.64. The third-order valence-electron chi connectivity index (χ3n) is 4.76. The number of halogens is 1. The van der Waals surface area contributed by atoms with Gasteiger partial charge in [-0.2, -0.15) is 10.2 Å². The molecule has 0 bridgehead atoms. The molecule has 1 aromatic heterocycles. The van der Waals surface area contributed by atoms with E-state index in [9.17, 15) is 4.79 Å². The number of aromatic nitrogens is 2. The Bertz CT molecular complexity index is 1240. The molecule has 3 aromatic carbocycles. The molecule has 0 aliphatic carbocycles. The van der Waals surface area contributed by atoms with E-state index in [1.54, 1.807) is 29.1 Å². The Balaban J connectivity index is 1.51. The van der Waals surface area contributed by atoms with E-state index in [-0.39, 0.29) is 12.5 Å². The Morgan fingerprint density at radius 2 is 1.75 bits per heavy atom. The monoisotopic (exact) mass is 444 g/mol. The maximum Gasteiger partial charge on any atom is 0.277 e. The molecule has 0 aliphatic rings. The largest absolute Gasteiger partial charge is 0.483 e. The van der Waals surface area contributed by atoms with Crippen LogP contribution in [0.2, 0.25) is 5.02 Å². The Morgan fingerprint density at radius 3 is 2.50 bits per heavy atom. The Morgan fingerprint density at radius 1 is 1.03 bits per heavy atom. The molecule has 160 valence electrons. The first-order chi connectivity index (χ1) is 15.6. The van der Waals surface area contributed by atoms with E-state index >= 15 is 0 Å². The van der Waals surface area contributed by atoms with Gasteiger partial charge >= 0.3 is 0 Å². The predicted molar refractivity (Wildman–Crippen MR) is 126 cm³/mol. The lowest BCUT2D eigenvalue weighted by Crippen LogP contribution is -2.25. The van der Waals surface area contributed by atoms with Crippen molar-refractivity contribution in [2.45, 2.75) is 6.92 Å². The van der Waals surface area contributed by atoms with Crippen molar-refractivity contribution in [2.24, 2.45) is 5.10 Å². The van der Waals surface area contributed by atoms with Crippen LogP contribution in [0.5, 0.6) is 5.75 Å². The fraction of sp³-hybridized carbons (Fsp3) is 0.0800. The number of para-hydroxylation sites is 1. The van der Waals surface area contributed by atoms with Crippen LogP contribution in [0.3, 0.4) is 0 Å². The lowest BCUT2D eigenvalue weighted by molar-refractivity contribution is -0.123. The molecule has 32 heavy (non-hydrogen) atoms. The number of hydrazone groups is 1. The molecular weight excluding hydrogens is 424 g/mol. The molecular formula is C25H21ClN4O2. The number of rotatable bonds is 7. The molecule has 0 unspecified atom stereocenters. The van der Waals surface area contributed by atoms with Crippen LogP contribution in [-0.4, -0.2) is 28.0 Å². The third kappa shape index (κ3) is 5.04. The molecule has 0 atom stereocenters. The number of hydrogen-bond acceptors (Lipinski definition) is 4. The number of nitrogens with one attached hydrogen (secondary N) is 1. The number of carbonyl (C=O) groups is 1. The summed E-state index contributed by atoms with van der Waals surface area (Å²) in [5.74, 6) is 0.156. The van der Waals surface area contributed by atoms with E-state index in [1.807, 2.05) is 73.7 Å². The Labute approximate surface area is 191 Å². The van der Waals surface area contributed by atoms with E-state index in [2.05, 4.69) is 15.6 Å². The van der Waals surface area contributed by atoms with Crippen LogP contribution in [0.4, 0.5) is 0 Å². The van der Waals surface area contributed by atoms with Gasteiger partial charge in [-0.05, 0) is 48.9 Å². The van der Waals surface area contributed by atoms with Gasteiger partial charge in [0.25, 0.3) is 5.91 Å². The zero-order valence-electron chi connectivity index (χ0n) is 17.4. The zero-order chi connectivity index (χ0) is 22.3. The van der Waals surface area contributed by atoms with Gasteiger partial charge in [-0.25, -0.2) is 10.1 Å². The van der Waals surface area contributed by atoms with Crippen molar-refractivity contribution < 1.29 is 9.53 Å². The average molecular weight is 445 g/mol. The molecule has 6 nitrogen and oxygen atoms in total. The molecule has 1 amide bonds. The highest BCUT2D eigenvalue weighted by atomic mass is 35.5. The summed E-state index contributed by atoms with van der Waals surface area (Å²) in [5, 5.41) is 9.13. The molecule has 0 spiro atoms. The molecule has 4 rings (SSSR count). The second kappa shape index (κ2) is 9.94. The second-order valence-corrected chi connectivity index (χ2v) is 7.43. The van der Waals surface area contributed by atoms with Gasteiger partial charge in [-0.15, -0.1) is 0 Å². The van der Waals surface area contributed by atoms with Gasteiger partial charge in [-0.3, -0.25) is 4.79 Å². The zero-order valence-corrected chi connectivity index (χ0v) is 18.2. The van der Waals surface area contributed by atoms with Crippen molar-refractivity contribution in [1.29, 1.82) is 0 Å². The van der Waals surface area contributed by atoms with E-state index < -0.39 is 0 Å². The summed E-state index contributed by atoms with van der Waals surface area (Å²) in [6.07, 6.45) is 1.71. The summed E-state index contributed by atoms with van der Waals surface area (Å²) in [6, 6.07) is 26.5. The van der Waals surface area contributed by atoms with Crippen LogP contribution < -0.4 is 10.2 Å². The summed E-state index contributed by atoms with van der Waals surface area (Å²) < 4.78 is 7.62. The summed E-state index contributed by atoms with van der Waals surface area (Å²) in [5.41, 5.74) is 6.61. The number of amides is 1. The number of carbonyl (C=O) groups excluding carboxylic acids is 1. The summed E-state index contributed by atoms with van der Waals surface area (Å²) in [4.78, 5) is 12.3. The highest BCUT2D eigenvalue weighted by Crippen LogP contribution is 2.33. The number of nitrogens with zero attached hydrogens (tertiary/aromatic N) is 3. The SMILES string of the molecule is C/C(=N\NC(=O)COc1ccc(Cl)cc1-c1ccnn1-c1ccccc1)c1ccccc1. The topological polar surface area (TPSA) is 68.5 Å². The highest BCUT2D eigenvalue weighted by molar-refractivity contribution is 6.31. The van der Waals surface area contributed by atoms with Gasteiger partial charge in [0.2, 0.25) is 0 Å². The molecule has 0 saturated heterocycles. The molecule has 0 aliphatic heterocycles. The van der Waals surface area contributed by atoms with Crippen molar-refractivity contribution in [2.75, 3.05) is 6.61 Å². The van der Waals surface area contributed by atoms with Crippen molar-refractivity contribution in [3.63, 3.8) is 0 Å². The second-order valence-electron chi connectivity index (χ2n) is 6.99. The van der Waals surface area contributed by atoms with Crippen LogP contribution in [0.15, 0.2) is 96.2 Å². The number of benzene rings is 3. The van der Waals surface area contributed by atoms with E-state index in [0.717, 1.165) is 22.5 Å². The van der Waals surface area contributed by atoms with Crippen molar-refractivity contribution in [3.8, 4) is 22.7 Å². The predicted octanol–water partition coefficient (Wildman–Crippen LogP) is 5.11. The van der Waals surface area contributed by atoms with Crippen LogP contribution in [-0.2, 0) is 4.79 Å². The summed E-state index contributed by atoms with van der Waals surface area (Å²) in [7, 11) is 0. The summed E-state index contributed by atoms with van der Waals surface area (Å²) >= 11 is 6.26. The average Bonchev–Trinajstić information content (AvgIpc) is 3.32. The minimum Gasteiger partial charge on any atom is -0.483 e. The third-order valence-corrected chi connectivity index (χ3v) is 4.99. The Kier molecular flexibility index (Phi) is 6.63. The van der Waals surface area contributed by atoms with Crippen LogP contribution >= 0.6 is 11.6 Å². The Hall–Kier alpha value is -3.90. The van der Waals surface area contributed by atoms with E-state index in [1.165, 1.54) is 0 Å². The molecule has 0 radical (unpaired) electrons. The number of hydrogen-bond donors (Lipinski definition) is 1. The lowest BCUT2D eigenvalue weighted by atomic mass is 10.1. The first-order valence-corrected chi connectivity index (χ1v) is 10.4. The highest BCUT2D eigenvalue weighted by Gasteiger charge is 2.14. The van der Waals surface area contributed by atoms with Crippen molar-refractivity contribution in [1.82, 2.24) is 15.2 Å². The van der Waals surface area contributed by atoms with Crippen LogP contribution in [0.25, 0.3) is 16.9 Å². The van der Waals surface area contributed by atoms with Crippen LogP contribution in [0.1, 0.15) is 12.5 Å². The quantitative estimate of drug-likeness (QED) is 0.318. The smallest absolute Gasteiger partial charge is 0.277 e. The first-order valence-electron chi connectivity index (χ1n) is 10.0. The van der Waals surface area contributed by atoms with Crippen molar-refractivity contribution >= 4 is 23.2 Å². The van der Waals surface area contributed by atoms with Gasteiger partial charge in [0.05, 0.1) is 23.3 Å². The van der Waals surface area contributed by atoms with Gasteiger partial charge < -0.3 is 4.74 Å². The molecule has 1 heterocycles. The molecule has 0 saturated carbocycles. The molecule has 1 N–H and O–H groups in total. The maximum absolute atomic E-state index is 12.3. The van der Waals surface area contributed by atoms with Gasteiger partial charge in [0.15, 0.2) is 6.61 Å². The molecule has 7 heteroatoms. The number of ether oxygens (including phenoxy) is 1. The minimum atomic E-state index is -0.363. The van der Waals surface area contributed by atoms with Gasteiger partial charge in [0, 0.05) is 10.6 Å². The normalized spacial score (nSPS) is 11.2. The fourth-order valence-corrected chi connectivity index (χ4v) is 3.35. The maximum atomic E-state index is 12.3. The van der Waals surface area contributed by atoms with E-state index in [0.29, 0.717) is 16.5 Å². The molecule has 0 fully saturated rings. The standard InChI is InChI=1S/C25H21ClN4O2/c1-18(19-8-4-2-5-9-19)28-29-25(31)17-32-24-13-12-20(26)16-22(24)23-14-15-27-30(23)21-10-6-3-7-11-21/h2-16H,17H2,1H3,(H,29,31)/b28-18+. The van der Waals surface area contributed by atoms with E-state index in [4.69, 9.17) is 16.3 Å².